The number of aromatic nitrogens is 2. The highest BCUT2D eigenvalue weighted by atomic mass is 16.4. The standard InChI is InChI=1S/C24H22N6O5/c25-22(26)12-1-3-16-17(9-12)30-23(29-16)15-6-11(7-19(32)33)5-14(8-15)20-18(31)4-2-13(21(20)34)10-28-24(27)35/h1-6,8-9,31,34H,7,10H2,(H3,25,26)(H,29,30)(H,32,33)(H3,27,28,35). The van der Waals surface area contributed by atoms with E-state index in [1.165, 1.54) is 12.1 Å². The lowest BCUT2D eigenvalue weighted by Gasteiger charge is -2.14. The number of nitrogens with two attached hydrogens (primary N) is 2. The summed E-state index contributed by atoms with van der Waals surface area (Å²) in [5.41, 5.74) is 14.1. The van der Waals surface area contributed by atoms with Gasteiger partial charge in [-0.25, -0.2) is 9.78 Å². The fourth-order valence-corrected chi connectivity index (χ4v) is 3.80. The maximum atomic E-state index is 11.4. The van der Waals surface area contributed by atoms with Crippen molar-refractivity contribution in [3.8, 4) is 34.0 Å². The molecule has 0 saturated heterocycles. The number of benzene rings is 3. The largest absolute Gasteiger partial charge is 0.507 e. The molecule has 4 aromatic rings. The van der Waals surface area contributed by atoms with Crippen LogP contribution in [0.4, 0.5) is 4.79 Å². The molecule has 35 heavy (non-hydrogen) atoms. The van der Waals surface area contributed by atoms with Gasteiger partial charge in [0, 0.05) is 23.2 Å². The number of urea groups is 1. The number of amidine groups is 1. The minimum absolute atomic E-state index is 0.0669. The van der Waals surface area contributed by atoms with Crippen LogP contribution in [-0.2, 0) is 17.8 Å². The summed E-state index contributed by atoms with van der Waals surface area (Å²) in [7, 11) is 0. The molecular formula is C24H22N6O5. The van der Waals surface area contributed by atoms with E-state index in [0.717, 1.165) is 0 Å². The van der Waals surface area contributed by atoms with Gasteiger partial charge < -0.3 is 37.1 Å². The number of phenols is 2. The minimum Gasteiger partial charge on any atom is -0.507 e. The number of hydrogen-bond donors (Lipinski definition) is 8. The smallest absolute Gasteiger partial charge is 0.312 e. The van der Waals surface area contributed by atoms with E-state index in [-0.39, 0.29) is 35.9 Å². The Bertz CT molecular complexity index is 1490. The zero-order chi connectivity index (χ0) is 25.3. The summed E-state index contributed by atoms with van der Waals surface area (Å²) in [5, 5.41) is 40.7. The van der Waals surface area contributed by atoms with Crippen molar-refractivity contribution in [3.05, 3.63) is 65.2 Å². The molecule has 0 unspecified atom stereocenters. The number of amides is 2. The molecule has 11 nitrogen and oxygen atoms in total. The number of imidazole rings is 1. The maximum absolute atomic E-state index is 11.4. The number of fused-ring (bicyclic) bond motifs is 1. The summed E-state index contributed by atoms with van der Waals surface area (Å²) in [5.74, 6) is -1.26. The zero-order valence-corrected chi connectivity index (χ0v) is 18.3. The first-order valence-corrected chi connectivity index (χ1v) is 10.4. The fraction of sp³-hybridized carbons (Fsp3) is 0.0833. The number of carboxylic acid groups (broad SMARTS) is 1. The Hall–Kier alpha value is -5.06. The Morgan fingerprint density at radius 3 is 2.46 bits per heavy atom. The van der Waals surface area contributed by atoms with Gasteiger partial charge in [-0.3, -0.25) is 10.2 Å². The summed E-state index contributed by atoms with van der Waals surface area (Å²) < 4.78 is 0. The highest BCUT2D eigenvalue weighted by Crippen LogP contribution is 2.41. The number of carboxylic acids is 1. The van der Waals surface area contributed by atoms with Crippen molar-refractivity contribution in [1.82, 2.24) is 15.3 Å². The molecule has 10 N–H and O–H groups in total. The van der Waals surface area contributed by atoms with E-state index in [9.17, 15) is 24.9 Å². The van der Waals surface area contributed by atoms with Crippen molar-refractivity contribution in [2.24, 2.45) is 11.5 Å². The van der Waals surface area contributed by atoms with Crippen LogP contribution in [0.5, 0.6) is 11.5 Å². The van der Waals surface area contributed by atoms with Gasteiger partial charge in [-0.05, 0) is 53.6 Å². The highest BCUT2D eigenvalue weighted by Gasteiger charge is 2.18. The van der Waals surface area contributed by atoms with Gasteiger partial charge in [0.1, 0.15) is 23.2 Å². The van der Waals surface area contributed by atoms with Gasteiger partial charge in [-0.1, -0.05) is 6.07 Å². The number of rotatable bonds is 7. The van der Waals surface area contributed by atoms with E-state index in [2.05, 4.69) is 15.3 Å². The maximum Gasteiger partial charge on any atom is 0.312 e. The lowest BCUT2D eigenvalue weighted by Crippen LogP contribution is -2.28. The molecule has 3 aromatic carbocycles. The monoisotopic (exact) mass is 474 g/mol. The van der Waals surface area contributed by atoms with Gasteiger partial charge in [0.05, 0.1) is 23.0 Å². The molecule has 4 rings (SSSR count). The second-order valence-corrected chi connectivity index (χ2v) is 7.91. The van der Waals surface area contributed by atoms with Gasteiger partial charge >= 0.3 is 12.0 Å². The SMILES string of the molecule is N=C(N)c1ccc2nc(-c3cc(CC(=O)O)cc(-c4c(O)ccc(CNC(N)=O)c4O)c3)[nH]c2c1. The van der Waals surface area contributed by atoms with E-state index < -0.39 is 12.0 Å². The molecule has 0 atom stereocenters. The molecule has 0 aliphatic carbocycles. The lowest BCUT2D eigenvalue weighted by molar-refractivity contribution is -0.136. The molecule has 11 heteroatoms. The van der Waals surface area contributed by atoms with Crippen molar-refractivity contribution in [2.75, 3.05) is 0 Å². The van der Waals surface area contributed by atoms with Crippen LogP contribution in [0.25, 0.3) is 33.5 Å². The van der Waals surface area contributed by atoms with Crippen LogP contribution in [0.3, 0.4) is 0 Å². The number of hydrogen-bond acceptors (Lipinski definition) is 6. The number of phenolic OH excluding ortho intramolecular Hbond substituents is 2. The van der Waals surface area contributed by atoms with Crippen molar-refractivity contribution in [3.63, 3.8) is 0 Å². The molecule has 0 aliphatic heterocycles. The van der Waals surface area contributed by atoms with Gasteiger partial charge in [0.15, 0.2) is 0 Å². The normalized spacial score (nSPS) is 10.9. The molecule has 0 radical (unpaired) electrons. The second kappa shape index (κ2) is 9.06. The number of aliphatic carboxylic acids is 1. The van der Waals surface area contributed by atoms with E-state index >= 15 is 0 Å². The molecule has 1 heterocycles. The molecule has 0 fully saturated rings. The Labute approximate surface area is 198 Å². The van der Waals surface area contributed by atoms with Crippen molar-refractivity contribution < 1.29 is 24.9 Å². The highest BCUT2D eigenvalue weighted by molar-refractivity contribution is 5.98. The van der Waals surface area contributed by atoms with Crippen LogP contribution in [0.15, 0.2) is 48.5 Å². The average molecular weight is 474 g/mol. The lowest BCUT2D eigenvalue weighted by atomic mass is 9.95. The minimum atomic E-state index is -1.06. The van der Waals surface area contributed by atoms with Crippen LogP contribution < -0.4 is 16.8 Å². The molecule has 0 spiro atoms. The number of nitrogens with zero attached hydrogens (tertiary/aromatic N) is 1. The number of H-pyrrole nitrogens is 1. The number of carbonyl (C=O) groups excluding carboxylic acids is 1. The Morgan fingerprint density at radius 2 is 1.77 bits per heavy atom. The van der Waals surface area contributed by atoms with E-state index in [1.807, 2.05) is 0 Å². The summed E-state index contributed by atoms with van der Waals surface area (Å²) in [6.07, 6.45) is -0.306. The number of primary amides is 1. The van der Waals surface area contributed by atoms with Gasteiger partial charge in [0.2, 0.25) is 0 Å². The molecule has 2 amide bonds. The quantitative estimate of drug-likeness (QED) is 0.148. The molecule has 0 bridgehead atoms. The van der Waals surface area contributed by atoms with Crippen molar-refractivity contribution in [1.29, 1.82) is 5.41 Å². The first-order chi connectivity index (χ1) is 16.6. The van der Waals surface area contributed by atoms with Crippen LogP contribution >= 0.6 is 0 Å². The second-order valence-electron chi connectivity index (χ2n) is 7.91. The zero-order valence-electron chi connectivity index (χ0n) is 18.3. The van der Waals surface area contributed by atoms with Gasteiger partial charge in [-0.15, -0.1) is 0 Å². The Kier molecular flexibility index (Phi) is 5.98. The molecule has 0 aliphatic rings. The Morgan fingerprint density at radius 1 is 1.03 bits per heavy atom. The molecule has 178 valence electrons. The van der Waals surface area contributed by atoms with Gasteiger partial charge in [0.25, 0.3) is 0 Å². The van der Waals surface area contributed by atoms with Crippen LogP contribution in [0.1, 0.15) is 16.7 Å². The van der Waals surface area contributed by atoms with Crippen LogP contribution in [0.2, 0.25) is 0 Å². The van der Waals surface area contributed by atoms with Gasteiger partial charge in [-0.2, -0.15) is 0 Å². The summed E-state index contributed by atoms with van der Waals surface area (Å²) in [6, 6.07) is 11.9. The average Bonchev–Trinajstić information content (AvgIpc) is 3.21. The number of aromatic amines is 1. The van der Waals surface area contributed by atoms with Crippen molar-refractivity contribution in [2.45, 2.75) is 13.0 Å². The first kappa shape index (κ1) is 23.1. The van der Waals surface area contributed by atoms with E-state index in [1.54, 1.807) is 36.4 Å². The number of nitrogens with one attached hydrogen (secondary N) is 3. The number of carbonyl (C=O) groups is 2. The summed E-state index contributed by atoms with van der Waals surface area (Å²) >= 11 is 0. The topological polar surface area (TPSA) is 211 Å². The van der Waals surface area contributed by atoms with Crippen LogP contribution in [0, 0.1) is 5.41 Å². The third kappa shape index (κ3) is 4.83. The molecule has 0 saturated carbocycles. The van der Waals surface area contributed by atoms with Crippen molar-refractivity contribution >= 4 is 28.9 Å². The Balaban J connectivity index is 1.87. The molecule has 1 aromatic heterocycles. The predicted octanol–water partition coefficient (Wildman–Crippen LogP) is 2.39. The van der Waals surface area contributed by atoms with E-state index in [0.29, 0.717) is 44.7 Å². The van der Waals surface area contributed by atoms with Crippen LogP contribution in [-0.4, -0.2) is 43.1 Å². The predicted molar refractivity (Wildman–Crippen MR) is 129 cm³/mol. The third-order valence-corrected chi connectivity index (χ3v) is 5.40. The molecular weight excluding hydrogens is 452 g/mol. The fourth-order valence-electron chi connectivity index (χ4n) is 3.80. The summed E-state index contributed by atoms with van der Waals surface area (Å²) in [6.45, 7) is -0.0713. The number of nitrogen functional groups attached to an aromatic ring is 1. The first-order valence-electron chi connectivity index (χ1n) is 10.4. The number of aromatic hydroxyl groups is 2. The van der Waals surface area contributed by atoms with E-state index in [4.69, 9.17) is 16.9 Å². The summed E-state index contributed by atoms with van der Waals surface area (Å²) in [4.78, 5) is 30.2. The third-order valence-electron chi connectivity index (χ3n) is 5.40.